The number of hydrogen-bond acceptors (Lipinski definition) is 5. The summed E-state index contributed by atoms with van der Waals surface area (Å²) in [7, 11) is 0. The van der Waals surface area contributed by atoms with E-state index in [1.54, 1.807) is 19.2 Å². The molecule has 3 aromatic rings. The molecule has 0 aliphatic carbocycles. The van der Waals surface area contributed by atoms with Crippen LogP contribution in [0.2, 0.25) is 10.0 Å². The van der Waals surface area contributed by atoms with Gasteiger partial charge in [0.1, 0.15) is 6.04 Å². The number of aromatic nitrogens is 1. The number of carbonyl (C=O) groups excluding carboxylic acids is 4. The summed E-state index contributed by atoms with van der Waals surface area (Å²) in [4.78, 5) is 54.2. The number of pyridine rings is 1. The summed E-state index contributed by atoms with van der Waals surface area (Å²) >= 11 is 11.9. The molecule has 0 fully saturated rings. The summed E-state index contributed by atoms with van der Waals surface area (Å²) in [5, 5.41) is 3.15. The van der Waals surface area contributed by atoms with E-state index in [4.69, 9.17) is 23.2 Å². The molecule has 0 aliphatic heterocycles. The van der Waals surface area contributed by atoms with Gasteiger partial charge in [0.2, 0.25) is 5.91 Å². The van der Waals surface area contributed by atoms with E-state index in [0.29, 0.717) is 11.4 Å². The molecular weight excluding hydrogens is 543 g/mol. The summed E-state index contributed by atoms with van der Waals surface area (Å²) in [5.41, 5.74) is 11.4. The highest BCUT2D eigenvalue weighted by Crippen LogP contribution is 2.23. The molecule has 39 heavy (non-hydrogen) atoms. The lowest BCUT2D eigenvalue weighted by Crippen LogP contribution is -2.58. The normalized spacial score (nSPS) is 12.0. The number of rotatable bonds is 8. The summed E-state index contributed by atoms with van der Waals surface area (Å²) < 4.78 is 0. The molecule has 0 aliphatic rings. The maximum Gasteiger partial charge on any atom is 0.352 e. The molecule has 1 aromatic heterocycles. The van der Waals surface area contributed by atoms with Crippen LogP contribution < -0.4 is 27.0 Å². The van der Waals surface area contributed by atoms with Crippen molar-refractivity contribution in [1.29, 1.82) is 0 Å². The number of nitrogens with one attached hydrogen (secondary N) is 5. The topological polar surface area (TPSA) is 141 Å². The van der Waals surface area contributed by atoms with Crippen molar-refractivity contribution in [2.24, 2.45) is 5.92 Å². The van der Waals surface area contributed by atoms with Gasteiger partial charge in [0.15, 0.2) is 0 Å². The van der Waals surface area contributed by atoms with Crippen LogP contribution in [0.4, 0.5) is 4.79 Å². The minimum absolute atomic E-state index is 0.00411. The number of amides is 5. The Kier molecular flexibility index (Phi) is 10.7. The van der Waals surface area contributed by atoms with Gasteiger partial charge in [-0.1, -0.05) is 67.7 Å². The smallest absolute Gasteiger partial charge is 0.340 e. The van der Waals surface area contributed by atoms with E-state index in [1.165, 1.54) is 18.2 Å². The van der Waals surface area contributed by atoms with Gasteiger partial charge in [0.05, 0.1) is 22.2 Å². The SMILES string of the molecule is CCC(C)C(NC(=O)c1ccc(Cl)c(Cl)c1)C(=O)NNC(=O)NNC(=O)Cc1cccc(-c2ccccn2)c1. The molecule has 5 N–H and O–H groups in total. The molecule has 1 heterocycles. The minimum Gasteiger partial charge on any atom is -0.340 e. The zero-order valence-corrected chi connectivity index (χ0v) is 22.8. The Hall–Kier alpha value is -4.15. The molecule has 0 saturated heterocycles. The van der Waals surface area contributed by atoms with Crippen LogP contribution in [0, 0.1) is 5.92 Å². The summed E-state index contributed by atoms with van der Waals surface area (Å²) in [6.45, 7) is 3.64. The largest absolute Gasteiger partial charge is 0.352 e. The highest BCUT2D eigenvalue weighted by Gasteiger charge is 2.27. The molecule has 0 saturated carbocycles. The second-order valence-electron chi connectivity index (χ2n) is 8.67. The van der Waals surface area contributed by atoms with Crippen LogP contribution in [-0.4, -0.2) is 34.8 Å². The third-order valence-corrected chi connectivity index (χ3v) is 6.57. The Morgan fingerprint density at radius 2 is 1.64 bits per heavy atom. The molecule has 2 aromatic carbocycles. The van der Waals surface area contributed by atoms with Crippen LogP contribution in [-0.2, 0) is 16.0 Å². The minimum atomic E-state index is -0.960. The molecule has 12 heteroatoms. The average molecular weight is 571 g/mol. The van der Waals surface area contributed by atoms with E-state index in [2.05, 4.69) is 32.0 Å². The first-order valence-corrected chi connectivity index (χ1v) is 12.8. The second kappa shape index (κ2) is 14.1. The first kappa shape index (κ1) is 29.4. The average Bonchev–Trinajstić information content (AvgIpc) is 2.95. The van der Waals surface area contributed by atoms with Gasteiger partial charge >= 0.3 is 6.03 Å². The fourth-order valence-electron chi connectivity index (χ4n) is 3.52. The maximum absolute atomic E-state index is 12.8. The van der Waals surface area contributed by atoms with Crippen LogP contribution >= 0.6 is 23.2 Å². The highest BCUT2D eigenvalue weighted by atomic mass is 35.5. The lowest BCUT2D eigenvalue weighted by molar-refractivity contribution is -0.124. The van der Waals surface area contributed by atoms with Gasteiger partial charge in [-0.2, -0.15) is 0 Å². The molecule has 2 unspecified atom stereocenters. The Morgan fingerprint density at radius 1 is 0.872 bits per heavy atom. The van der Waals surface area contributed by atoms with Crippen molar-refractivity contribution >= 4 is 47.0 Å². The Morgan fingerprint density at radius 3 is 2.33 bits per heavy atom. The molecule has 204 valence electrons. The molecule has 3 rings (SSSR count). The molecule has 0 radical (unpaired) electrons. The number of halogens is 2. The molecule has 2 atom stereocenters. The van der Waals surface area contributed by atoms with E-state index in [1.807, 2.05) is 43.3 Å². The summed E-state index contributed by atoms with van der Waals surface area (Å²) in [5.74, 6) is -1.91. The monoisotopic (exact) mass is 570 g/mol. The van der Waals surface area contributed by atoms with Crippen molar-refractivity contribution < 1.29 is 19.2 Å². The number of urea groups is 1. The van der Waals surface area contributed by atoms with Crippen molar-refractivity contribution in [2.75, 3.05) is 0 Å². The first-order valence-electron chi connectivity index (χ1n) is 12.1. The Balaban J connectivity index is 1.49. The van der Waals surface area contributed by atoms with Gasteiger partial charge < -0.3 is 5.32 Å². The predicted molar refractivity (Wildman–Crippen MR) is 149 cm³/mol. The predicted octanol–water partition coefficient (Wildman–Crippen LogP) is 3.80. The molecular formula is C27H28Cl2N6O4. The number of hydrazine groups is 2. The van der Waals surface area contributed by atoms with Crippen molar-refractivity contribution in [3.63, 3.8) is 0 Å². The van der Waals surface area contributed by atoms with Crippen molar-refractivity contribution in [3.05, 3.63) is 88.0 Å². The van der Waals surface area contributed by atoms with Gasteiger partial charge in [-0.05, 0) is 47.9 Å². The van der Waals surface area contributed by atoms with Crippen molar-refractivity contribution in [3.8, 4) is 11.3 Å². The lowest BCUT2D eigenvalue weighted by Gasteiger charge is -2.23. The summed E-state index contributed by atoms with van der Waals surface area (Å²) in [6, 6.07) is 15.4. The van der Waals surface area contributed by atoms with E-state index in [-0.39, 0.29) is 22.9 Å². The zero-order chi connectivity index (χ0) is 28.4. The van der Waals surface area contributed by atoms with Gasteiger partial charge in [0, 0.05) is 17.3 Å². The van der Waals surface area contributed by atoms with Crippen molar-refractivity contribution in [1.82, 2.24) is 32.0 Å². The van der Waals surface area contributed by atoms with Gasteiger partial charge in [-0.3, -0.25) is 30.2 Å². The second-order valence-corrected chi connectivity index (χ2v) is 9.49. The number of hydrogen-bond donors (Lipinski definition) is 5. The zero-order valence-electron chi connectivity index (χ0n) is 21.3. The van der Waals surface area contributed by atoms with Crippen molar-refractivity contribution in [2.45, 2.75) is 32.7 Å². The fourth-order valence-corrected chi connectivity index (χ4v) is 3.82. The third kappa shape index (κ3) is 8.69. The van der Waals surface area contributed by atoms with Crippen LogP contribution in [0.25, 0.3) is 11.3 Å². The maximum atomic E-state index is 12.8. The van der Waals surface area contributed by atoms with Crippen LogP contribution in [0.1, 0.15) is 36.2 Å². The number of carbonyl (C=O) groups is 4. The first-order chi connectivity index (χ1) is 18.7. The van der Waals surface area contributed by atoms with E-state index < -0.39 is 29.8 Å². The van der Waals surface area contributed by atoms with E-state index in [9.17, 15) is 19.2 Å². The van der Waals surface area contributed by atoms with E-state index >= 15 is 0 Å². The van der Waals surface area contributed by atoms with Gasteiger partial charge in [-0.25, -0.2) is 15.6 Å². The van der Waals surface area contributed by atoms with E-state index in [0.717, 1.165) is 16.8 Å². The van der Waals surface area contributed by atoms with Crippen LogP contribution in [0.15, 0.2) is 66.9 Å². The van der Waals surface area contributed by atoms with Gasteiger partial charge in [0.25, 0.3) is 11.8 Å². The van der Waals surface area contributed by atoms with Crippen LogP contribution in [0.3, 0.4) is 0 Å². The molecule has 5 amide bonds. The molecule has 0 spiro atoms. The third-order valence-electron chi connectivity index (χ3n) is 5.83. The Bertz CT molecular complexity index is 1340. The quantitative estimate of drug-likeness (QED) is 0.262. The Labute approximate surface area is 235 Å². The summed E-state index contributed by atoms with van der Waals surface area (Å²) in [6.07, 6.45) is 2.26. The highest BCUT2D eigenvalue weighted by molar-refractivity contribution is 6.42. The lowest BCUT2D eigenvalue weighted by atomic mass is 9.98. The number of benzene rings is 2. The molecule has 0 bridgehead atoms. The van der Waals surface area contributed by atoms with Crippen LogP contribution in [0.5, 0.6) is 0 Å². The molecule has 10 nitrogen and oxygen atoms in total. The number of nitrogens with zero attached hydrogens (tertiary/aromatic N) is 1. The van der Waals surface area contributed by atoms with Gasteiger partial charge in [-0.15, -0.1) is 0 Å². The fraction of sp³-hybridized carbons (Fsp3) is 0.222. The standard InChI is InChI=1S/C27H28Cl2N6O4/c1-3-16(2)24(31-25(37)19-10-11-20(28)21(29)15-19)26(38)33-35-27(39)34-32-23(36)14-17-7-6-8-18(13-17)22-9-4-5-12-30-22/h4-13,15-16,24H,3,14H2,1-2H3,(H,31,37)(H,32,36)(H,33,38)(H2,34,35,39).